The van der Waals surface area contributed by atoms with Gasteiger partial charge in [0.1, 0.15) is 11.5 Å². The van der Waals surface area contributed by atoms with E-state index in [1.54, 1.807) is 24.3 Å². The van der Waals surface area contributed by atoms with E-state index < -0.39 is 0 Å². The lowest BCUT2D eigenvalue weighted by Crippen LogP contribution is -2.41. The van der Waals surface area contributed by atoms with Crippen LogP contribution in [0.25, 0.3) is 0 Å². The molecule has 1 amide bonds. The standard InChI is InChI=1S/C21H24I2N2O4/c22-18-12-14(11-15(24)1-6-20(27)25-7-9-28-10-8-25)13-19(23)21(18)29-17-4-2-16(26)3-5-17/h2-5,12-13,15,26H,1,6-11,24H2/t15-/m1/s1. The number of nitrogens with zero attached hydrogens (tertiary/aromatic N) is 1. The average molecular weight is 622 g/mol. The van der Waals surface area contributed by atoms with Gasteiger partial charge in [0.2, 0.25) is 5.91 Å². The Labute approximate surface area is 198 Å². The Bertz CT molecular complexity index is 816. The molecule has 0 unspecified atom stereocenters. The number of amides is 1. The minimum atomic E-state index is -0.0737. The molecule has 1 heterocycles. The maximum Gasteiger partial charge on any atom is 0.222 e. The summed E-state index contributed by atoms with van der Waals surface area (Å²) in [7, 11) is 0. The van der Waals surface area contributed by atoms with Crippen molar-refractivity contribution in [3.63, 3.8) is 0 Å². The van der Waals surface area contributed by atoms with Gasteiger partial charge in [-0.25, -0.2) is 0 Å². The molecule has 0 saturated carbocycles. The first kappa shape index (κ1) is 22.6. The molecule has 0 bridgehead atoms. The van der Waals surface area contributed by atoms with E-state index in [4.69, 9.17) is 15.2 Å². The van der Waals surface area contributed by atoms with Crippen LogP contribution in [-0.2, 0) is 16.0 Å². The summed E-state index contributed by atoms with van der Waals surface area (Å²) in [6.45, 7) is 2.58. The molecule has 1 atom stereocenters. The molecular formula is C21H24I2N2O4. The van der Waals surface area contributed by atoms with Crippen LogP contribution >= 0.6 is 45.2 Å². The van der Waals surface area contributed by atoms with Gasteiger partial charge in [-0.1, -0.05) is 0 Å². The number of rotatable bonds is 7. The highest BCUT2D eigenvalue weighted by molar-refractivity contribution is 14.1. The highest BCUT2D eigenvalue weighted by Crippen LogP contribution is 2.33. The van der Waals surface area contributed by atoms with E-state index in [-0.39, 0.29) is 17.7 Å². The summed E-state index contributed by atoms with van der Waals surface area (Å²) in [5.41, 5.74) is 7.43. The van der Waals surface area contributed by atoms with E-state index in [0.29, 0.717) is 51.3 Å². The zero-order chi connectivity index (χ0) is 20.8. The maximum absolute atomic E-state index is 12.3. The fourth-order valence-corrected chi connectivity index (χ4v) is 5.26. The normalized spacial score (nSPS) is 15.2. The number of halogens is 2. The molecule has 0 radical (unpaired) electrons. The molecule has 1 aliphatic heterocycles. The quantitative estimate of drug-likeness (QED) is 0.458. The van der Waals surface area contributed by atoms with Crippen LogP contribution in [0.4, 0.5) is 0 Å². The molecule has 3 N–H and O–H groups in total. The van der Waals surface area contributed by atoms with Crippen molar-refractivity contribution < 1.29 is 19.4 Å². The van der Waals surface area contributed by atoms with Crippen LogP contribution in [0.5, 0.6) is 17.2 Å². The lowest BCUT2D eigenvalue weighted by atomic mass is 10.0. The maximum atomic E-state index is 12.3. The van der Waals surface area contributed by atoms with Crippen molar-refractivity contribution in [2.45, 2.75) is 25.3 Å². The van der Waals surface area contributed by atoms with Crippen LogP contribution in [0.2, 0.25) is 0 Å². The fraction of sp³-hybridized carbons (Fsp3) is 0.381. The van der Waals surface area contributed by atoms with Crippen molar-refractivity contribution in [1.29, 1.82) is 0 Å². The topological polar surface area (TPSA) is 85.0 Å². The van der Waals surface area contributed by atoms with Crippen LogP contribution in [-0.4, -0.2) is 48.3 Å². The van der Waals surface area contributed by atoms with Crippen molar-refractivity contribution >= 4 is 51.1 Å². The van der Waals surface area contributed by atoms with Gasteiger partial charge in [-0.05, 0) is 100.0 Å². The number of phenols is 1. The summed E-state index contributed by atoms with van der Waals surface area (Å²) < 4.78 is 13.3. The number of benzene rings is 2. The van der Waals surface area contributed by atoms with Gasteiger partial charge in [-0.2, -0.15) is 0 Å². The van der Waals surface area contributed by atoms with Gasteiger partial charge in [-0.3, -0.25) is 4.79 Å². The Balaban J connectivity index is 1.56. The number of hydrogen-bond acceptors (Lipinski definition) is 5. The molecule has 0 aliphatic carbocycles. The number of phenolic OH excluding ortho intramolecular Hbond substituents is 1. The molecule has 2 aromatic carbocycles. The molecule has 0 spiro atoms. The molecular weight excluding hydrogens is 598 g/mol. The van der Waals surface area contributed by atoms with Gasteiger partial charge >= 0.3 is 0 Å². The monoisotopic (exact) mass is 622 g/mol. The lowest BCUT2D eigenvalue weighted by molar-refractivity contribution is -0.135. The predicted octanol–water partition coefficient (Wildman–Crippen LogP) is 3.90. The summed E-state index contributed by atoms with van der Waals surface area (Å²) >= 11 is 4.52. The SMILES string of the molecule is N[C@H](CCC(=O)N1CCOCC1)Cc1cc(I)c(Oc2ccc(O)cc2)c(I)c1. The van der Waals surface area contributed by atoms with Crippen molar-refractivity contribution in [2.75, 3.05) is 26.3 Å². The largest absolute Gasteiger partial charge is 0.508 e. The fourth-order valence-electron chi connectivity index (χ4n) is 3.14. The molecule has 0 aromatic heterocycles. The summed E-state index contributed by atoms with van der Waals surface area (Å²) in [5.74, 6) is 1.82. The Morgan fingerprint density at radius 2 is 1.79 bits per heavy atom. The summed E-state index contributed by atoms with van der Waals surface area (Å²) in [6, 6.07) is 10.7. The van der Waals surface area contributed by atoms with E-state index in [0.717, 1.165) is 18.5 Å². The van der Waals surface area contributed by atoms with Gasteiger partial charge in [0.25, 0.3) is 0 Å². The van der Waals surface area contributed by atoms with Crippen LogP contribution in [0.3, 0.4) is 0 Å². The second-order valence-corrected chi connectivity index (χ2v) is 9.30. The molecule has 3 rings (SSSR count). The van der Waals surface area contributed by atoms with Crippen LogP contribution in [0.15, 0.2) is 36.4 Å². The van der Waals surface area contributed by atoms with E-state index in [1.807, 2.05) is 4.90 Å². The number of carbonyl (C=O) groups is 1. The summed E-state index contributed by atoms with van der Waals surface area (Å²) in [6.07, 6.45) is 1.84. The summed E-state index contributed by atoms with van der Waals surface area (Å²) in [5, 5.41) is 9.40. The van der Waals surface area contributed by atoms with E-state index >= 15 is 0 Å². The molecule has 1 aliphatic rings. The summed E-state index contributed by atoms with van der Waals surface area (Å²) in [4.78, 5) is 14.1. The zero-order valence-corrected chi connectivity index (χ0v) is 20.3. The van der Waals surface area contributed by atoms with Gasteiger partial charge in [-0.15, -0.1) is 0 Å². The molecule has 156 valence electrons. The first-order valence-electron chi connectivity index (χ1n) is 9.48. The number of ether oxygens (including phenoxy) is 2. The third-order valence-electron chi connectivity index (χ3n) is 4.71. The Kier molecular flexibility index (Phi) is 8.39. The van der Waals surface area contributed by atoms with Crippen molar-refractivity contribution in [1.82, 2.24) is 4.90 Å². The van der Waals surface area contributed by atoms with Crippen LogP contribution < -0.4 is 10.5 Å². The predicted molar refractivity (Wildman–Crippen MR) is 128 cm³/mol. The number of morpholine rings is 1. The Morgan fingerprint density at radius 3 is 2.41 bits per heavy atom. The first-order valence-corrected chi connectivity index (χ1v) is 11.6. The third kappa shape index (κ3) is 6.69. The molecule has 2 aromatic rings. The second kappa shape index (κ2) is 10.8. The molecule has 6 nitrogen and oxygen atoms in total. The lowest BCUT2D eigenvalue weighted by Gasteiger charge is -2.27. The highest BCUT2D eigenvalue weighted by Gasteiger charge is 2.18. The zero-order valence-electron chi connectivity index (χ0n) is 15.9. The van der Waals surface area contributed by atoms with Gasteiger partial charge in [0.15, 0.2) is 5.75 Å². The molecule has 29 heavy (non-hydrogen) atoms. The van der Waals surface area contributed by atoms with E-state index in [2.05, 4.69) is 57.3 Å². The third-order valence-corrected chi connectivity index (χ3v) is 6.31. The first-order chi connectivity index (χ1) is 13.9. The van der Waals surface area contributed by atoms with E-state index in [1.165, 1.54) is 0 Å². The Hall–Kier alpha value is -1.11. The highest BCUT2D eigenvalue weighted by atomic mass is 127. The van der Waals surface area contributed by atoms with E-state index in [9.17, 15) is 9.90 Å². The van der Waals surface area contributed by atoms with Crippen LogP contribution in [0, 0.1) is 7.14 Å². The van der Waals surface area contributed by atoms with Crippen molar-refractivity contribution in [2.24, 2.45) is 5.73 Å². The Morgan fingerprint density at radius 1 is 1.17 bits per heavy atom. The number of hydrogen-bond donors (Lipinski definition) is 2. The molecule has 1 fully saturated rings. The second-order valence-electron chi connectivity index (χ2n) is 6.98. The van der Waals surface area contributed by atoms with Crippen molar-refractivity contribution in [3.05, 3.63) is 49.1 Å². The minimum absolute atomic E-state index is 0.0737. The number of nitrogens with two attached hydrogens (primary N) is 1. The van der Waals surface area contributed by atoms with Crippen molar-refractivity contribution in [3.8, 4) is 17.2 Å². The van der Waals surface area contributed by atoms with Gasteiger partial charge < -0.3 is 25.2 Å². The molecule has 8 heteroatoms. The van der Waals surface area contributed by atoms with Gasteiger partial charge in [0, 0.05) is 25.6 Å². The molecule has 1 saturated heterocycles. The number of aromatic hydroxyl groups is 1. The smallest absolute Gasteiger partial charge is 0.222 e. The van der Waals surface area contributed by atoms with Gasteiger partial charge in [0.05, 0.1) is 20.4 Å². The minimum Gasteiger partial charge on any atom is -0.508 e. The average Bonchev–Trinajstić information content (AvgIpc) is 2.71. The van der Waals surface area contributed by atoms with Crippen LogP contribution in [0.1, 0.15) is 18.4 Å². The number of carbonyl (C=O) groups excluding carboxylic acids is 1.